The Morgan fingerprint density at radius 3 is 2.59 bits per heavy atom. The molecule has 116 valence electrons. The van der Waals surface area contributed by atoms with Crippen LogP contribution >= 0.6 is 35.6 Å². The first-order valence-electron chi connectivity index (χ1n) is 6.57. The Morgan fingerprint density at radius 2 is 2.05 bits per heavy atom. The minimum absolute atomic E-state index is 0.250. The molecule has 0 aliphatic carbocycles. The number of carboxylic acid groups (broad SMARTS) is 1. The lowest BCUT2D eigenvalue weighted by Gasteiger charge is -2.26. The molecule has 0 bridgehead atoms. The molecule has 0 spiro atoms. The number of aliphatic carboxylic acids is 1. The highest BCUT2D eigenvalue weighted by Gasteiger charge is 2.41. The lowest BCUT2D eigenvalue weighted by atomic mass is 10.0. The van der Waals surface area contributed by atoms with E-state index in [1.54, 1.807) is 38.1 Å². The number of nitrogens with zero attached hydrogens (tertiary/aromatic N) is 1. The van der Waals surface area contributed by atoms with Crippen LogP contribution in [0, 0.1) is 5.92 Å². The topological polar surface area (TPSA) is 57.6 Å². The lowest BCUT2D eigenvalue weighted by Crippen LogP contribution is -2.47. The number of carbonyl (C=O) groups excluding carboxylic acids is 1. The van der Waals surface area contributed by atoms with Crippen molar-refractivity contribution < 1.29 is 14.7 Å². The van der Waals surface area contributed by atoms with Crippen LogP contribution in [-0.4, -0.2) is 32.2 Å². The molecule has 4 nitrogen and oxygen atoms in total. The van der Waals surface area contributed by atoms with Crippen LogP contribution in [0.4, 0.5) is 0 Å². The van der Waals surface area contributed by atoms with Crippen molar-refractivity contribution in [3.63, 3.8) is 0 Å². The number of hydrogen-bond acceptors (Lipinski definition) is 4. The van der Waals surface area contributed by atoms with Crippen LogP contribution in [-0.2, 0) is 9.59 Å². The normalized spacial score (nSPS) is 18.4. The Bertz CT molecular complexity index is 673. The highest BCUT2D eigenvalue weighted by molar-refractivity contribution is 8.26. The Balaban J connectivity index is 2.37. The molecule has 1 aromatic rings. The summed E-state index contributed by atoms with van der Waals surface area (Å²) in [4.78, 5) is 25.5. The van der Waals surface area contributed by atoms with Crippen LogP contribution < -0.4 is 0 Å². The van der Waals surface area contributed by atoms with Gasteiger partial charge in [-0.1, -0.05) is 67.6 Å². The molecular formula is C15H14ClNO3S2. The second-order valence-corrected chi connectivity index (χ2v) is 7.18. The second-order valence-electron chi connectivity index (χ2n) is 5.10. The van der Waals surface area contributed by atoms with Crippen LogP contribution in [0.25, 0.3) is 6.08 Å². The van der Waals surface area contributed by atoms with Gasteiger partial charge in [0, 0.05) is 5.02 Å². The monoisotopic (exact) mass is 355 g/mol. The van der Waals surface area contributed by atoms with Crippen molar-refractivity contribution in [1.29, 1.82) is 0 Å². The summed E-state index contributed by atoms with van der Waals surface area (Å²) in [7, 11) is 0. The average molecular weight is 356 g/mol. The quantitative estimate of drug-likeness (QED) is 0.660. The smallest absolute Gasteiger partial charge is 0.327 e. The zero-order valence-corrected chi connectivity index (χ0v) is 14.3. The maximum atomic E-state index is 12.5. The first kappa shape index (κ1) is 17.0. The van der Waals surface area contributed by atoms with Crippen LogP contribution in [0.15, 0.2) is 29.2 Å². The van der Waals surface area contributed by atoms with Gasteiger partial charge in [-0.2, -0.15) is 0 Å². The summed E-state index contributed by atoms with van der Waals surface area (Å²) in [6.45, 7) is 3.49. The lowest BCUT2D eigenvalue weighted by molar-refractivity contribution is -0.146. The third kappa shape index (κ3) is 3.34. The van der Waals surface area contributed by atoms with Gasteiger partial charge in [-0.25, -0.2) is 4.79 Å². The first-order chi connectivity index (χ1) is 10.3. The van der Waals surface area contributed by atoms with Crippen molar-refractivity contribution >= 4 is 57.9 Å². The van der Waals surface area contributed by atoms with Crippen molar-refractivity contribution in [1.82, 2.24) is 4.90 Å². The van der Waals surface area contributed by atoms with E-state index in [1.807, 2.05) is 6.07 Å². The van der Waals surface area contributed by atoms with Crippen molar-refractivity contribution in [2.75, 3.05) is 0 Å². The minimum Gasteiger partial charge on any atom is -0.480 e. The van der Waals surface area contributed by atoms with Gasteiger partial charge in [0.15, 0.2) is 0 Å². The fourth-order valence-corrected chi connectivity index (χ4v) is 3.66. The summed E-state index contributed by atoms with van der Waals surface area (Å²) >= 11 is 12.4. The molecule has 0 saturated carbocycles. The van der Waals surface area contributed by atoms with Crippen LogP contribution in [0.5, 0.6) is 0 Å². The van der Waals surface area contributed by atoms with E-state index in [1.165, 1.54) is 4.90 Å². The number of carbonyl (C=O) groups is 2. The summed E-state index contributed by atoms with van der Waals surface area (Å²) in [5.74, 6) is -1.71. The largest absolute Gasteiger partial charge is 0.480 e. The van der Waals surface area contributed by atoms with Gasteiger partial charge in [-0.3, -0.25) is 9.69 Å². The van der Waals surface area contributed by atoms with Crippen LogP contribution in [0.3, 0.4) is 0 Å². The van der Waals surface area contributed by atoms with Crippen LogP contribution in [0.1, 0.15) is 19.4 Å². The highest BCUT2D eigenvalue weighted by atomic mass is 35.5. The van der Waals surface area contributed by atoms with Gasteiger partial charge < -0.3 is 5.11 Å². The van der Waals surface area contributed by atoms with E-state index in [-0.39, 0.29) is 10.2 Å². The van der Waals surface area contributed by atoms with E-state index in [9.17, 15) is 14.7 Å². The summed E-state index contributed by atoms with van der Waals surface area (Å²) in [5, 5.41) is 9.88. The molecule has 7 heteroatoms. The Hall–Kier alpha value is -1.37. The van der Waals surface area contributed by atoms with Gasteiger partial charge in [-0.05, 0) is 23.6 Å². The van der Waals surface area contributed by atoms with E-state index in [0.29, 0.717) is 15.5 Å². The number of thiocarbonyl (C=S) groups is 1. The second kappa shape index (κ2) is 6.81. The maximum Gasteiger partial charge on any atom is 0.327 e. The maximum absolute atomic E-state index is 12.5. The van der Waals surface area contributed by atoms with Crippen molar-refractivity contribution in [3.8, 4) is 0 Å². The molecule has 1 heterocycles. The molecule has 1 atom stereocenters. The number of rotatable bonds is 4. The molecular weight excluding hydrogens is 342 g/mol. The van der Waals surface area contributed by atoms with Gasteiger partial charge in [0.1, 0.15) is 10.4 Å². The van der Waals surface area contributed by atoms with Gasteiger partial charge >= 0.3 is 5.97 Å². The third-order valence-electron chi connectivity index (χ3n) is 3.18. The summed E-state index contributed by atoms with van der Waals surface area (Å²) in [6, 6.07) is 6.15. The predicted molar refractivity (Wildman–Crippen MR) is 92.7 cm³/mol. The summed E-state index contributed by atoms with van der Waals surface area (Å²) < 4.78 is 0.254. The number of amides is 1. The van der Waals surface area contributed by atoms with Crippen molar-refractivity contribution in [2.45, 2.75) is 19.9 Å². The molecule has 0 aromatic heterocycles. The van der Waals surface area contributed by atoms with Crippen LogP contribution in [0.2, 0.25) is 5.02 Å². The molecule has 1 N–H and O–H groups in total. The molecule has 1 fully saturated rings. The molecule has 1 amide bonds. The standard InChI is InChI=1S/C15H14ClNO3S2/c1-8(2)12(14(19)20)17-13(18)11(22-15(17)21)7-9-5-3-4-6-10(9)16/h3-8,12H,1-2H3,(H,19,20)/b11-7-. The molecule has 1 aromatic carbocycles. The van der Waals surface area contributed by atoms with Gasteiger partial charge in [0.2, 0.25) is 0 Å². The fourth-order valence-electron chi connectivity index (χ4n) is 2.15. The van der Waals surface area contributed by atoms with E-state index < -0.39 is 17.9 Å². The third-order valence-corrected chi connectivity index (χ3v) is 4.85. The summed E-state index contributed by atoms with van der Waals surface area (Å²) in [5.41, 5.74) is 0.695. The first-order valence-corrected chi connectivity index (χ1v) is 8.17. The fraction of sp³-hybridized carbons (Fsp3) is 0.267. The van der Waals surface area contributed by atoms with E-state index in [4.69, 9.17) is 23.8 Å². The molecule has 1 saturated heterocycles. The van der Waals surface area contributed by atoms with Crippen molar-refractivity contribution in [3.05, 3.63) is 39.8 Å². The highest BCUT2D eigenvalue weighted by Crippen LogP contribution is 2.36. The number of carboxylic acids is 1. The Kier molecular flexibility index (Phi) is 5.26. The minimum atomic E-state index is -1.06. The molecule has 0 radical (unpaired) electrons. The summed E-state index contributed by atoms with van der Waals surface area (Å²) in [6.07, 6.45) is 1.64. The molecule has 1 aliphatic heterocycles. The molecule has 22 heavy (non-hydrogen) atoms. The van der Waals surface area contributed by atoms with Crippen molar-refractivity contribution in [2.24, 2.45) is 5.92 Å². The van der Waals surface area contributed by atoms with E-state index in [0.717, 1.165) is 11.8 Å². The number of thioether (sulfide) groups is 1. The van der Waals surface area contributed by atoms with E-state index in [2.05, 4.69) is 0 Å². The predicted octanol–water partition coefficient (Wildman–Crippen LogP) is 3.65. The van der Waals surface area contributed by atoms with Gasteiger partial charge in [-0.15, -0.1) is 0 Å². The van der Waals surface area contributed by atoms with Gasteiger partial charge in [0.25, 0.3) is 5.91 Å². The number of halogens is 1. The van der Waals surface area contributed by atoms with E-state index >= 15 is 0 Å². The Labute approximate surface area is 143 Å². The molecule has 2 rings (SSSR count). The average Bonchev–Trinajstić information content (AvgIpc) is 2.69. The molecule has 1 aliphatic rings. The Morgan fingerprint density at radius 1 is 1.41 bits per heavy atom. The number of benzene rings is 1. The SMILES string of the molecule is CC(C)C(C(=O)O)N1C(=O)/C(=C/c2ccccc2Cl)SC1=S. The van der Waals surface area contributed by atoms with Gasteiger partial charge in [0.05, 0.1) is 4.91 Å². The zero-order chi connectivity index (χ0) is 16.4. The number of hydrogen-bond donors (Lipinski definition) is 1. The zero-order valence-electron chi connectivity index (χ0n) is 11.9. The molecule has 1 unspecified atom stereocenters.